The molecule has 1 heterocycles. The Balaban J connectivity index is 2.47. The van der Waals surface area contributed by atoms with Crippen LogP contribution in [0.4, 0.5) is 0 Å². The zero-order valence-corrected chi connectivity index (χ0v) is 14.9. The Bertz CT molecular complexity index is 451. The summed E-state index contributed by atoms with van der Waals surface area (Å²) in [5.74, 6) is -0.215. The molecule has 23 heavy (non-hydrogen) atoms. The highest BCUT2D eigenvalue weighted by atomic mass is 16.5. The minimum absolute atomic E-state index is 0.0917. The summed E-state index contributed by atoms with van der Waals surface area (Å²) in [5, 5.41) is 0. The van der Waals surface area contributed by atoms with E-state index in [0.717, 1.165) is 31.5 Å². The van der Waals surface area contributed by atoms with E-state index in [4.69, 9.17) is 10.5 Å². The van der Waals surface area contributed by atoms with Crippen molar-refractivity contribution in [2.24, 2.45) is 11.7 Å². The van der Waals surface area contributed by atoms with Gasteiger partial charge >= 0.3 is 5.97 Å². The van der Waals surface area contributed by atoms with Gasteiger partial charge in [0, 0.05) is 30.9 Å². The zero-order chi connectivity index (χ0) is 17.2. The second kappa shape index (κ2) is 10.3. The summed E-state index contributed by atoms with van der Waals surface area (Å²) >= 11 is 0. The van der Waals surface area contributed by atoms with E-state index in [1.54, 1.807) is 0 Å². The summed E-state index contributed by atoms with van der Waals surface area (Å²) in [7, 11) is 2.07. The van der Waals surface area contributed by atoms with E-state index in [1.165, 1.54) is 0 Å². The van der Waals surface area contributed by atoms with Gasteiger partial charge < -0.3 is 10.5 Å². The number of pyridine rings is 1. The van der Waals surface area contributed by atoms with Crippen LogP contribution in [0.2, 0.25) is 0 Å². The lowest BCUT2D eigenvalue weighted by atomic mass is 10.1. The number of esters is 1. The average molecular weight is 321 g/mol. The van der Waals surface area contributed by atoms with Crippen LogP contribution in [-0.4, -0.2) is 48.1 Å². The summed E-state index contributed by atoms with van der Waals surface area (Å²) in [6.45, 7) is 7.27. The van der Waals surface area contributed by atoms with Gasteiger partial charge in [-0.05, 0) is 31.5 Å². The van der Waals surface area contributed by atoms with Crippen LogP contribution < -0.4 is 5.73 Å². The van der Waals surface area contributed by atoms with E-state index in [-0.39, 0.29) is 17.9 Å². The van der Waals surface area contributed by atoms with Gasteiger partial charge in [-0.3, -0.25) is 14.7 Å². The van der Waals surface area contributed by atoms with Crippen LogP contribution in [0, 0.1) is 5.92 Å². The normalized spacial score (nSPS) is 14.0. The molecule has 5 heteroatoms. The molecule has 0 aliphatic carbocycles. The smallest absolute Gasteiger partial charge is 0.323 e. The van der Waals surface area contributed by atoms with E-state index < -0.39 is 6.04 Å². The predicted octanol–water partition coefficient (Wildman–Crippen LogP) is 2.25. The van der Waals surface area contributed by atoms with Gasteiger partial charge in [0.25, 0.3) is 0 Å². The quantitative estimate of drug-likeness (QED) is 0.669. The lowest BCUT2D eigenvalue weighted by Gasteiger charge is -2.28. The van der Waals surface area contributed by atoms with Crippen molar-refractivity contribution in [3.8, 4) is 0 Å². The maximum Gasteiger partial charge on any atom is 0.323 e. The van der Waals surface area contributed by atoms with Gasteiger partial charge in [-0.1, -0.05) is 33.3 Å². The molecule has 0 amide bonds. The number of nitrogens with zero attached hydrogens (tertiary/aromatic N) is 2. The molecule has 5 nitrogen and oxygen atoms in total. The molecule has 0 fully saturated rings. The molecule has 0 bridgehead atoms. The van der Waals surface area contributed by atoms with Crippen molar-refractivity contribution >= 4 is 5.97 Å². The highest BCUT2D eigenvalue weighted by Crippen LogP contribution is 2.09. The number of rotatable bonds is 10. The Kier molecular flexibility index (Phi) is 8.81. The van der Waals surface area contributed by atoms with Gasteiger partial charge in [-0.25, -0.2) is 0 Å². The zero-order valence-electron chi connectivity index (χ0n) is 14.9. The van der Waals surface area contributed by atoms with Crippen LogP contribution in [0.25, 0.3) is 0 Å². The van der Waals surface area contributed by atoms with Gasteiger partial charge in [-0.2, -0.15) is 0 Å². The number of carbonyl (C=O) groups is 1. The van der Waals surface area contributed by atoms with Crippen LogP contribution in [0.1, 0.15) is 39.3 Å². The highest BCUT2D eigenvalue weighted by Gasteiger charge is 2.21. The van der Waals surface area contributed by atoms with Crippen molar-refractivity contribution in [1.82, 2.24) is 9.88 Å². The second-order valence-electron chi connectivity index (χ2n) is 6.39. The van der Waals surface area contributed by atoms with E-state index in [1.807, 2.05) is 38.2 Å². The standard InChI is InChI=1S/C18H31N3O2/c1-5-8-16(13-23-18(22)17(19)14(2)3)21(4)12-10-15-9-6-7-11-20-15/h6-7,9,11,14,16-17H,5,8,10,12-13,19H2,1-4H3. The number of ether oxygens (including phenoxy) is 1. The Morgan fingerprint density at radius 3 is 2.70 bits per heavy atom. The molecule has 0 saturated carbocycles. The maximum atomic E-state index is 11.9. The van der Waals surface area contributed by atoms with Gasteiger partial charge in [0.1, 0.15) is 12.6 Å². The van der Waals surface area contributed by atoms with E-state index in [0.29, 0.717) is 6.61 Å². The Morgan fingerprint density at radius 2 is 2.13 bits per heavy atom. The van der Waals surface area contributed by atoms with E-state index in [9.17, 15) is 4.79 Å². The average Bonchev–Trinajstić information content (AvgIpc) is 2.56. The van der Waals surface area contributed by atoms with E-state index in [2.05, 4.69) is 23.9 Å². The van der Waals surface area contributed by atoms with Gasteiger partial charge in [0.05, 0.1) is 0 Å². The van der Waals surface area contributed by atoms with Crippen molar-refractivity contribution in [2.45, 2.75) is 52.1 Å². The summed E-state index contributed by atoms with van der Waals surface area (Å²) in [4.78, 5) is 18.5. The fourth-order valence-corrected chi connectivity index (χ4v) is 2.33. The Hall–Kier alpha value is -1.46. The summed E-state index contributed by atoms with van der Waals surface area (Å²) in [6, 6.07) is 5.62. The number of carbonyl (C=O) groups excluding carboxylic acids is 1. The SMILES string of the molecule is CCCC(COC(=O)C(N)C(C)C)N(C)CCc1ccccn1. The number of hydrogen-bond donors (Lipinski definition) is 1. The molecule has 0 aliphatic heterocycles. The number of likely N-dealkylation sites (N-methyl/N-ethyl adjacent to an activating group) is 1. The monoisotopic (exact) mass is 321 g/mol. The van der Waals surface area contributed by atoms with Crippen LogP contribution >= 0.6 is 0 Å². The first kappa shape index (κ1) is 19.6. The molecule has 1 aromatic rings. The molecular formula is C18H31N3O2. The second-order valence-corrected chi connectivity index (χ2v) is 6.39. The van der Waals surface area contributed by atoms with Crippen LogP contribution in [-0.2, 0) is 16.0 Å². The third-order valence-corrected chi connectivity index (χ3v) is 4.10. The molecule has 2 atom stereocenters. The van der Waals surface area contributed by atoms with Crippen LogP contribution in [0.3, 0.4) is 0 Å². The first-order valence-electron chi connectivity index (χ1n) is 8.48. The first-order chi connectivity index (χ1) is 11.0. The van der Waals surface area contributed by atoms with Crippen molar-refractivity contribution < 1.29 is 9.53 Å². The van der Waals surface area contributed by atoms with Crippen molar-refractivity contribution in [1.29, 1.82) is 0 Å². The molecule has 0 aromatic carbocycles. The molecule has 1 aromatic heterocycles. The minimum atomic E-state index is -0.545. The fourth-order valence-electron chi connectivity index (χ4n) is 2.33. The van der Waals surface area contributed by atoms with Crippen LogP contribution in [0.5, 0.6) is 0 Å². The molecule has 0 saturated heterocycles. The first-order valence-corrected chi connectivity index (χ1v) is 8.48. The molecule has 0 radical (unpaired) electrons. The Labute approximate surface area is 140 Å². The fraction of sp³-hybridized carbons (Fsp3) is 0.667. The van der Waals surface area contributed by atoms with Crippen molar-refractivity contribution in [3.63, 3.8) is 0 Å². The molecule has 0 aliphatic rings. The maximum absolute atomic E-state index is 11.9. The summed E-state index contributed by atoms with van der Waals surface area (Å²) in [6.07, 6.45) is 4.74. The van der Waals surface area contributed by atoms with Gasteiger partial charge in [0.15, 0.2) is 0 Å². The molecule has 2 unspecified atom stereocenters. The minimum Gasteiger partial charge on any atom is -0.463 e. The third kappa shape index (κ3) is 7.10. The largest absolute Gasteiger partial charge is 0.463 e. The highest BCUT2D eigenvalue weighted by molar-refractivity contribution is 5.75. The summed E-state index contributed by atoms with van der Waals surface area (Å²) in [5.41, 5.74) is 6.91. The molecule has 2 N–H and O–H groups in total. The lowest BCUT2D eigenvalue weighted by Crippen LogP contribution is -2.42. The molecular weight excluding hydrogens is 290 g/mol. The number of aromatic nitrogens is 1. The Morgan fingerprint density at radius 1 is 1.39 bits per heavy atom. The van der Waals surface area contributed by atoms with E-state index >= 15 is 0 Å². The van der Waals surface area contributed by atoms with Crippen molar-refractivity contribution in [3.05, 3.63) is 30.1 Å². The molecule has 1 rings (SSSR count). The number of nitrogens with two attached hydrogens (primary N) is 1. The predicted molar refractivity (Wildman–Crippen MR) is 93.0 cm³/mol. The van der Waals surface area contributed by atoms with Crippen LogP contribution in [0.15, 0.2) is 24.4 Å². The summed E-state index contributed by atoms with van der Waals surface area (Å²) < 4.78 is 5.43. The third-order valence-electron chi connectivity index (χ3n) is 4.10. The van der Waals surface area contributed by atoms with Gasteiger partial charge in [-0.15, -0.1) is 0 Å². The van der Waals surface area contributed by atoms with Crippen molar-refractivity contribution in [2.75, 3.05) is 20.2 Å². The number of hydrogen-bond acceptors (Lipinski definition) is 5. The topological polar surface area (TPSA) is 68.5 Å². The molecule has 0 spiro atoms. The molecule has 130 valence electrons. The lowest BCUT2D eigenvalue weighted by molar-refractivity contribution is -0.148. The van der Waals surface area contributed by atoms with Gasteiger partial charge in [0.2, 0.25) is 0 Å².